The third-order valence-electron chi connectivity index (χ3n) is 6.19. The van der Waals surface area contributed by atoms with E-state index >= 15 is 0 Å². The molecule has 0 spiro atoms. The lowest BCUT2D eigenvalue weighted by Crippen LogP contribution is -2.25. The summed E-state index contributed by atoms with van der Waals surface area (Å²) in [6.45, 7) is 2.32. The predicted molar refractivity (Wildman–Crippen MR) is 89.6 cm³/mol. The minimum absolute atomic E-state index is 0.252. The molecule has 2 aliphatic carbocycles. The van der Waals surface area contributed by atoms with E-state index in [1.54, 1.807) is 6.07 Å². The van der Waals surface area contributed by atoms with Crippen LogP contribution in [0.25, 0.3) is 0 Å². The molecule has 0 unspecified atom stereocenters. The van der Waals surface area contributed by atoms with Crippen molar-refractivity contribution in [2.45, 2.75) is 70.6 Å². The van der Waals surface area contributed by atoms with Crippen LogP contribution >= 0.6 is 11.6 Å². The molecule has 1 heterocycles. The smallest absolute Gasteiger partial charge is 0.208 e. The Bertz CT molecular complexity index is 488. The van der Waals surface area contributed by atoms with Gasteiger partial charge in [-0.3, -0.25) is 0 Å². The first-order chi connectivity index (χ1) is 10.7. The number of hydrogen-bond acceptors (Lipinski definition) is 1. The first-order valence-corrected chi connectivity index (χ1v) is 9.37. The van der Waals surface area contributed by atoms with E-state index in [0.29, 0.717) is 5.92 Å². The number of halogens is 2. The van der Waals surface area contributed by atoms with Crippen LogP contribution in [0, 0.1) is 23.7 Å². The van der Waals surface area contributed by atoms with Crippen LogP contribution < -0.4 is 0 Å². The van der Waals surface area contributed by atoms with E-state index in [9.17, 15) is 4.39 Å². The number of rotatable bonds is 3. The summed E-state index contributed by atoms with van der Waals surface area (Å²) >= 11 is 5.75. The number of aromatic nitrogens is 1. The summed E-state index contributed by atoms with van der Waals surface area (Å²) in [6.07, 6.45) is 11.8. The van der Waals surface area contributed by atoms with Gasteiger partial charge in [0.15, 0.2) is 0 Å². The standard InChI is InChI=1S/C19H27ClFN/c1-2-13-3-5-14(6-4-13)15-7-9-16(10-8-15)17-11-12-18(20)22-19(17)21/h11-16H,2-10H2,1H3/t13-,14-,15?,16?. The van der Waals surface area contributed by atoms with Crippen molar-refractivity contribution in [2.24, 2.45) is 17.8 Å². The highest BCUT2D eigenvalue weighted by Gasteiger charge is 2.31. The van der Waals surface area contributed by atoms with Crippen LogP contribution in [-0.4, -0.2) is 4.98 Å². The van der Waals surface area contributed by atoms with Gasteiger partial charge in [-0.25, -0.2) is 4.98 Å². The van der Waals surface area contributed by atoms with Gasteiger partial charge in [-0.05, 0) is 68.3 Å². The molecule has 3 rings (SSSR count). The van der Waals surface area contributed by atoms with Gasteiger partial charge in [0.1, 0.15) is 5.15 Å². The summed E-state index contributed by atoms with van der Waals surface area (Å²) in [6, 6.07) is 3.56. The molecule has 0 radical (unpaired) electrons. The summed E-state index contributed by atoms with van der Waals surface area (Å²) < 4.78 is 14.0. The lowest BCUT2D eigenvalue weighted by Gasteiger charge is -2.37. The molecule has 2 aliphatic rings. The highest BCUT2D eigenvalue weighted by molar-refractivity contribution is 6.29. The van der Waals surface area contributed by atoms with Gasteiger partial charge in [0.25, 0.3) is 0 Å². The molecule has 122 valence electrons. The normalized spacial score (nSPS) is 32.9. The van der Waals surface area contributed by atoms with Crippen LogP contribution in [0.2, 0.25) is 5.15 Å². The van der Waals surface area contributed by atoms with Crippen molar-refractivity contribution in [3.05, 3.63) is 28.8 Å². The molecule has 0 N–H and O–H groups in total. The Hall–Kier alpha value is -0.630. The summed E-state index contributed by atoms with van der Waals surface area (Å²) in [4.78, 5) is 3.77. The van der Waals surface area contributed by atoms with Gasteiger partial charge >= 0.3 is 0 Å². The van der Waals surface area contributed by atoms with E-state index in [2.05, 4.69) is 11.9 Å². The minimum atomic E-state index is -0.362. The van der Waals surface area contributed by atoms with Gasteiger partial charge in [-0.1, -0.05) is 43.9 Å². The van der Waals surface area contributed by atoms with Gasteiger partial charge in [-0.15, -0.1) is 0 Å². The first kappa shape index (κ1) is 16.2. The van der Waals surface area contributed by atoms with Gasteiger partial charge in [0.05, 0.1) is 0 Å². The quantitative estimate of drug-likeness (QED) is 0.589. The van der Waals surface area contributed by atoms with Crippen molar-refractivity contribution < 1.29 is 4.39 Å². The molecule has 0 aliphatic heterocycles. The average Bonchev–Trinajstić information content (AvgIpc) is 2.55. The van der Waals surface area contributed by atoms with Gasteiger partial charge in [-0.2, -0.15) is 4.39 Å². The molecule has 2 fully saturated rings. The zero-order valence-corrected chi connectivity index (χ0v) is 14.3. The summed E-state index contributed by atoms with van der Waals surface area (Å²) in [7, 11) is 0. The minimum Gasteiger partial charge on any atom is -0.208 e. The van der Waals surface area contributed by atoms with Crippen LogP contribution in [0.15, 0.2) is 12.1 Å². The monoisotopic (exact) mass is 323 g/mol. The molecule has 1 aromatic heterocycles. The van der Waals surface area contributed by atoms with Crippen molar-refractivity contribution in [3.63, 3.8) is 0 Å². The molecule has 0 saturated heterocycles. The molecule has 22 heavy (non-hydrogen) atoms. The molecule has 3 heteroatoms. The zero-order chi connectivity index (χ0) is 15.5. The van der Waals surface area contributed by atoms with Crippen LogP contribution in [-0.2, 0) is 0 Å². The topological polar surface area (TPSA) is 12.9 Å². The third-order valence-corrected chi connectivity index (χ3v) is 6.40. The van der Waals surface area contributed by atoms with E-state index in [1.165, 1.54) is 44.9 Å². The van der Waals surface area contributed by atoms with Crippen molar-refractivity contribution in [3.8, 4) is 0 Å². The summed E-state index contributed by atoms with van der Waals surface area (Å²) in [5, 5.41) is 0.252. The Morgan fingerprint density at radius 2 is 1.59 bits per heavy atom. The van der Waals surface area contributed by atoms with Gasteiger partial charge in [0.2, 0.25) is 5.95 Å². The van der Waals surface area contributed by atoms with E-state index in [1.807, 2.05) is 6.07 Å². The van der Waals surface area contributed by atoms with Crippen LogP contribution in [0.5, 0.6) is 0 Å². The highest BCUT2D eigenvalue weighted by Crippen LogP contribution is 2.44. The summed E-state index contributed by atoms with van der Waals surface area (Å²) in [5.41, 5.74) is 0.776. The maximum Gasteiger partial charge on any atom is 0.217 e. The fourth-order valence-electron chi connectivity index (χ4n) is 4.70. The molecular formula is C19H27ClFN. The third kappa shape index (κ3) is 3.64. The number of hydrogen-bond donors (Lipinski definition) is 0. The highest BCUT2D eigenvalue weighted by atomic mass is 35.5. The van der Waals surface area contributed by atoms with Crippen LogP contribution in [0.4, 0.5) is 4.39 Å². The molecule has 0 bridgehead atoms. The van der Waals surface area contributed by atoms with E-state index in [4.69, 9.17) is 11.6 Å². The van der Waals surface area contributed by atoms with Gasteiger partial charge < -0.3 is 0 Å². The molecule has 0 amide bonds. The Kier molecular flexibility index (Phi) is 5.38. The second-order valence-corrected chi connectivity index (χ2v) is 7.70. The Morgan fingerprint density at radius 1 is 1.00 bits per heavy atom. The largest absolute Gasteiger partial charge is 0.217 e. The fraction of sp³-hybridized carbons (Fsp3) is 0.737. The lowest BCUT2D eigenvalue weighted by atomic mass is 9.68. The maximum atomic E-state index is 14.0. The lowest BCUT2D eigenvalue weighted by molar-refractivity contribution is 0.158. The van der Waals surface area contributed by atoms with E-state index in [-0.39, 0.29) is 11.1 Å². The Morgan fingerprint density at radius 3 is 2.14 bits per heavy atom. The fourth-order valence-corrected chi connectivity index (χ4v) is 4.83. The van der Waals surface area contributed by atoms with Crippen molar-refractivity contribution >= 4 is 11.6 Å². The number of nitrogens with zero attached hydrogens (tertiary/aromatic N) is 1. The SMILES string of the molecule is CC[C@H]1CC[C@H](C2CCC(c3ccc(Cl)nc3F)CC2)CC1. The van der Waals surface area contributed by atoms with Gasteiger partial charge in [0, 0.05) is 5.56 Å². The molecule has 1 aromatic rings. The molecule has 0 atom stereocenters. The van der Waals surface area contributed by atoms with Crippen LogP contribution in [0.1, 0.15) is 76.2 Å². The second-order valence-electron chi connectivity index (χ2n) is 7.31. The molecule has 0 aromatic carbocycles. The maximum absolute atomic E-state index is 14.0. The van der Waals surface area contributed by atoms with E-state index in [0.717, 1.165) is 36.2 Å². The predicted octanol–water partition coefficient (Wildman–Crippen LogP) is 6.36. The Labute approximate surface area is 138 Å². The average molecular weight is 324 g/mol. The van der Waals surface area contributed by atoms with Crippen LogP contribution in [0.3, 0.4) is 0 Å². The molecule has 1 nitrogen and oxygen atoms in total. The van der Waals surface area contributed by atoms with E-state index < -0.39 is 0 Å². The number of pyridine rings is 1. The Balaban J connectivity index is 1.54. The second kappa shape index (κ2) is 7.29. The molecule has 2 saturated carbocycles. The zero-order valence-electron chi connectivity index (χ0n) is 13.5. The van der Waals surface area contributed by atoms with Crippen molar-refractivity contribution in [1.29, 1.82) is 0 Å². The van der Waals surface area contributed by atoms with Crippen molar-refractivity contribution in [2.75, 3.05) is 0 Å². The molecular weight excluding hydrogens is 297 g/mol. The summed E-state index contributed by atoms with van der Waals surface area (Å²) in [5.74, 6) is 2.75. The van der Waals surface area contributed by atoms with Crippen molar-refractivity contribution in [1.82, 2.24) is 4.98 Å². The first-order valence-electron chi connectivity index (χ1n) is 8.99.